The summed E-state index contributed by atoms with van der Waals surface area (Å²) in [6.45, 7) is -0.270. The summed E-state index contributed by atoms with van der Waals surface area (Å²) in [7, 11) is 0. The molecule has 2 aromatic carbocycles. The number of hydrogen-bond donors (Lipinski definition) is 1. The number of ether oxygens (including phenoxy) is 1. The normalized spacial score (nSPS) is 10.0. The van der Waals surface area contributed by atoms with Gasteiger partial charge in [0.25, 0.3) is 0 Å². The summed E-state index contributed by atoms with van der Waals surface area (Å²) in [4.78, 5) is 0. The van der Waals surface area contributed by atoms with Crippen LogP contribution in [0.15, 0.2) is 36.4 Å². The molecule has 0 atom stereocenters. The van der Waals surface area contributed by atoms with Crippen LogP contribution in [0.25, 0.3) is 0 Å². The van der Waals surface area contributed by atoms with Crippen LogP contribution < -0.4 is 4.74 Å². The summed E-state index contributed by atoms with van der Waals surface area (Å²) in [6, 6.07) is 10.4. The van der Waals surface area contributed by atoms with Crippen LogP contribution in [0.5, 0.6) is 11.5 Å². The molecule has 0 amide bonds. The standard InChI is InChI=1S/C14H9ClFNO2/c15-11-2-4-13(10(6-11)8-18)19-14-3-1-9(7-17)5-12(14)16/h1-6,18H,8H2. The van der Waals surface area contributed by atoms with Gasteiger partial charge in [-0.15, -0.1) is 0 Å². The first-order chi connectivity index (χ1) is 9.13. The lowest BCUT2D eigenvalue weighted by molar-refractivity contribution is 0.276. The molecule has 2 rings (SSSR count). The maximum Gasteiger partial charge on any atom is 0.167 e. The highest BCUT2D eigenvalue weighted by Crippen LogP contribution is 2.29. The molecule has 0 saturated carbocycles. The van der Waals surface area contributed by atoms with Crippen LogP contribution in [-0.2, 0) is 6.61 Å². The van der Waals surface area contributed by atoms with Crippen LogP contribution in [0.4, 0.5) is 4.39 Å². The van der Waals surface area contributed by atoms with Gasteiger partial charge in [0.1, 0.15) is 5.75 Å². The highest BCUT2D eigenvalue weighted by Gasteiger charge is 2.09. The van der Waals surface area contributed by atoms with Crippen molar-refractivity contribution in [3.05, 3.63) is 58.4 Å². The van der Waals surface area contributed by atoms with Gasteiger partial charge in [0.05, 0.1) is 18.2 Å². The first-order valence-electron chi connectivity index (χ1n) is 5.41. The van der Waals surface area contributed by atoms with Gasteiger partial charge in [0, 0.05) is 10.6 Å². The first-order valence-corrected chi connectivity index (χ1v) is 5.78. The molecule has 0 spiro atoms. The van der Waals surface area contributed by atoms with E-state index in [1.807, 2.05) is 6.07 Å². The van der Waals surface area contributed by atoms with E-state index in [0.717, 1.165) is 6.07 Å². The van der Waals surface area contributed by atoms with Gasteiger partial charge in [-0.2, -0.15) is 5.26 Å². The molecule has 96 valence electrons. The topological polar surface area (TPSA) is 53.2 Å². The van der Waals surface area contributed by atoms with Crippen molar-refractivity contribution in [3.8, 4) is 17.6 Å². The van der Waals surface area contributed by atoms with E-state index in [2.05, 4.69) is 0 Å². The smallest absolute Gasteiger partial charge is 0.167 e. The number of rotatable bonds is 3. The van der Waals surface area contributed by atoms with Crippen molar-refractivity contribution in [3.63, 3.8) is 0 Å². The number of benzene rings is 2. The maximum atomic E-state index is 13.7. The second kappa shape index (κ2) is 5.70. The Morgan fingerprint density at radius 3 is 2.58 bits per heavy atom. The maximum absolute atomic E-state index is 13.7. The van der Waals surface area contributed by atoms with E-state index >= 15 is 0 Å². The van der Waals surface area contributed by atoms with Gasteiger partial charge in [0.2, 0.25) is 0 Å². The summed E-state index contributed by atoms with van der Waals surface area (Å²) in [5.74, 6) is -0.343. The molecule has 3 nitrogen and oxygen atoms in total. The molecule has 1 N–H and O–H groups in total. The van der Waals surface area contributed by atoms with E-state index in [4.69, 9.17) is 21.6 Å². The van der Waals surface area contributed by atoms with Crippen molar-refractivity contribution in [2.75, 3.05) is 0 Å². The van der Waals surface area contributed by atoms with Crippen molar-refractivity contribution < 1.29 is 14.2 Å². The second-order valence-electron chi connectivity index (χ2n) is 3.77. The fraction of sp³-hybridized carbons (Fsp3) is 0.0714. The van der Waals surface area contributed by atoms with E-state index in [1.165, 1.54) is 12.1 Å². The van der Waals surface area contributed by atoms with Crippen molar-refractivity contribution in [2.24, 2.45) is 0 Å². The molecule has 0 aliphatic heterocycles. The molecule has 0 saturated heterocycles. The minimum Gasteiger partial charge on any atom is -0.454 e. The molecular weight excluding hydrogens is 269 g/mol. The zero-order valence-corrected chi connectivity index (χ0v) is 10.5. The second-order valence-corrected chi connectivity index (χ2v) is 4.21. The van der Waals surface area contributed by atoms with Gasteiger partial charge < -0.3 is 9.84 Å². The number of halogens is 2. The highest BCUT2D eigenvalue weighted by molar-refractivity contribution is 6.30. The predicted octanol–water partition coefficient (Wildman–Crippen LogP) is 3.64. The monoisotopic (exact) mass is 277 g/mol. The highest BCUT2D eigenvalue weighted by atomic mass is 35.5. The zero-order valence-electron chi connectivity index (χ0n) is 9.73. The summed E-state index contributed by atoms with van der Waals surface area (Å²) in [5, 5.41) is 18.3. The van der Waals surface area contributed by atoms with E-state index in [1.54, 1.807) is 18.2 Å². The van der Waals surface area contributed by atoms with Crippen LogP contribution in [0.1, 0.15) is 11.1 Å². The molecule has 0 unspecified atom stereocenters. The fourth-order valence-corrected chi connectivity index (χ4v) is 1.74. The van der Waals surface area contributed by atoms with Crippen molar-refractivity contribution >= 4 is 11.6 Å². The number of aliphatic hydroxyl groups is 1. The van der Waals surface area contributed by atoms with Crippen LogP contribution in [0, 0.1) is 17.1 Å². The Labute approximate surface area is 114 Å². The third-order valence-electron chi connectivity index (χ3n) is 2.47. The van der Waals surface area contributed by atoms with Gasteiger partial charge in [-0.3, -0.25) is 0 Å². The third kappa shape index (κ3) is 3.02. The van der Waals surface area contributed by atoms with Gasteiger partial charge in [-0.25, -0.2) is 4.39 Å². The summed E-state index contributed by atoms with van der Waals surface area (Å²) >= 11 is 5.79. The Bertz CT molecular complexity index is 652. The van der Waals surface area contributed by atoms with Gasteiger partial charge in [-0.1, -0.05) is 11.6 Å². The van der Waals surface area contributed by atoms with Crippen molar-refractivity contribution in [1.29, 1.82) is 5.26 Å². The quantitative estimate of drug-likeness (QED) is 0.932. The Morgan fingerprint density at radius 2 is 1.95 bits per heavy atom. The molecule has 0 radical (unpaired) electrons. The van der Waals surface area contributed by atoms with Crippen LogP contribution in [-0.4, -0.2) is 5.11 Å². The van der Waals surface area contributed by atoms with E-state index < -0.39 is 5.82 Å². The number of aliphatic hydroxyl groups excluding tert-OH is 1. The van der Waals surface area contributed by atoms with Crippen LogP contribution in [0.3, 0.4) is 0 Å². The van der Waals surface area contributed by atoms with E-state index in [0.29, 0.717) is 16.3 Å². The van der Waals surface area contributed by atoms with E-state index in [9.17, 15) is 9.50 Å². The zero-order chi connectivity index (χ0) is 13.8. The minimum atomic E-state index is -0.641. The molecule has 0 heterocycles. The Morgan fingerprint density at radius 1 is 1.21 bits per heavy atom. The molecule has 0 aliphatic rings. The largest absolute Gasteiger partial charge is 0.454 e. The molecular formula is C14H9ClFNO2. The van der Waals surface area contributed by atoms with E-state index in [-0.39, 0.29) is 17.9 Å². The minimum absolute atomic E-state index is 0.0176. The molecule has 0 aliphatic carbocycles. The lowest BCUT2D eigenvalue weighted by atomic mass is 10.2. The Kier molecular flexibility index (Phi) is 4.00. The number of nitrogens with zero attached hydrogens (tertiary/aromatic N) is 1. The van der Waals surface area contributed by atoms with Crippen LogP contribution >= 0.6 is 11.6 Å². The van der Waals surface area contributed by atoms with Crippen molar-refractivity contribution in [2.45, 2.75) is 6.61 Å². The predicted molar refractivity (Wildman–Crippen MR) is 68.6 cm³/mol. The number of nitriles is 1. The van der Waals surface area contributed by atoms with Gasteiger partial charge in [0.15, 0.2) is 11.6 Å². The molecule has 19 heavy (non-hydrogen) atoms. The number of hydrogen-bond acceptors (Lipinski definition) is 3. The average Bonchev–Trinajstić information content (AvgIpc) is 2.42. The van der Waals surface area contributed by atoms with Crippen molar-refractivity contribution in [1.82, 2.24) is 0 Å². The average molecular weight is 278 g/mol. The third-order valence-corrected chi connectivity index (χ3v) is 2.71. The molecule has 0 fully saturated rings. The summed E-state index contributed by atoms with van der Waals surface area (Å²) < 4.78 is 19.1. The Hall–Kier alpha value is -2.09. The molecule has 2 aromatic rings. The fourth-order valence-electron chi connectivity index (χ4n) is 1.54. The molecule has 0 aromatic heterocycles. The molecule has 5 heteroatoms. The first kappa shape index (κ1) is 13.3. The van der Waals surface area contributed by atoms with Gasteiger partial charge in [-0.05, 0) is 36.4 Å². The Balaban J connectivity index is 2.34. The summed E-state index contributed by atoms with van der Waals surface area (Å²) in [6.07, 6.45) is 0. The lowest BCUT2D eigenvalue weighted by Crippen LogP contribution is -1.94. The van der Waals surface area contributed by atoms with Gasteiger partial charge >= 0.3 is 0 Å². The molecule has 0 bridgehead atoms. The SMILES string of the molecule is N#Cc1ccc(Oc2ccc(Cl)cc2CO)c(F)c1. The van der Waals surface area contributed by atoms with Crippen LogP contribution in [0.2, 0.25) is 5.02 Å². The summed E-state index contributed by atoms with van der Waals surface area (Å²) in [5.41, 5.74) is 0.666. The lowest BCUT2D eigenvalue weighted by Gasteiger charge is -2.10.